The van der Waals surface area contributed by atoms with Crippen molar-refractivity contribution in [2.24, 2.45) is 5.41 Å². The van der Waals surface area contributed by atoms with Crippen LogP contribution in [0, 0.1) is 5.41 Å². The summed E-state index contributed by atoms with van der Waals surface area (Å²) in [4.78, 5) is 26.6. The van der Waals surface area contributed by atoms with Gasteiger partial charge >= 0.3 is 0 Å². The molecule has 1 aromatic carbocycles. The Morgan fingerprint density at radius 3 is 2.38 bits per heavy atom. The molecule has 1 aliphatic heterocycles. The fourth-order valence-electron chi connectivity index (χ4n) is 3.52. The minimum atomic E-state index is -0.484. The van der Waals surface area contributed by atoms with E-state index in [0.717, 1.165) is 38.5 Å². The van der Waals surface area contributed by atoms with E-state index in [4.69, 9.17) is 17.3 Å². The van der Waals surface area contributed by atoms with E-state index in [1.165, 1.54) is 4.90 Å². The van der Waals surface area contributed by atoms with E-state index in [-0.39, 0.29) is 11.8 Å². The van der Waals surface area contributed by atoms with Crippen molar-refractivity contribution in [1.82, 2.24) is 0 Å². The standard InChI is InChI=1S/C16H19ClN2O2/c17-12-6-5-11(9-13(12)18)19-14(20)10-16(15(19)21)7-3-1-2-4-8-16/h5-6,9H,1-4,7-8,10,18H2. The van der Waals surface area contributed by atoms with Crippen LogP contribution in [0.15, 0.2) is 18.2 Å². The van der Waals surface area contributed by atoms with Gasteiger partial charge in [0.15, 0.2) is 0 Å². The quantitative estimate of drug-likeness (QED) is 0.637. The van der Waals surface area contributed by atoms with Crippen LogP contribution in [0.5, 0.6) is 0 Å². The summed E-state index contributed by atoms with van der Waals surface area (Å²) in [6, 6.07) is 4.92. The van der Waals surface area contributed by atoms with Gasteiger partial charge in [0.05, 0.1) is 21.8 Å². The maximum Gasteiger partial charge on any atom is 0.240 e. The molecule has 2 aliphatic rings. The molecule has 0 atom stereocenters. The Kier molecular flexibility index (Phi) is 3.66. The highest BCUT2D eigenvalue weighted by Gasteiger charge is 2.51. The Morgan fingerprint density at radius 2 is 1.76 bits per heavy atom. The number of rotatable bonds is 1. The predicted octanol–water partition coefficient (Wildman–Crippen LogP) is 3.53. The first-order valence-corrected chi connectivity index (χ1v) is 7.84. The minimum Gasteiger partial charge on any atom is -0.397 e. The molecule has 1 heterocycles. The van der Waals surface area contributed by atoms with E-state index in [2.05, 4.69) is 0 Å². The fourth-order valence-corrected chi connectivity index (χ4v) is 3.64. The predicted molar refractivity (Wildman–Crippen MR) is 83.1 cm³/mol. The molecule has 1 aliphatic carbocycles. The van der Waals surface area contributed by atoms with Crippen LogP contribution in [0.3, 0.4) is 0 Å². The summed E-state index contributed by atoms with van der Waals surface area (Å²) in [5, 5.41) is 0.432. The normalized spacial score (nSPS) is 21.9. The number of nitrogens with zero attached hydrogens (tertiary/aromatic N) is 1. The molecule has 0 radical (unpaired) electrons. The smallest absolute Gasteiger partial charge is 0.240 e. The first-order chi connectivity index (χ1) is 10.0. The molecule has 2 amide bonds. The van der Waals surface area contributed by atoms with Gasteiger partial charge in [-0.05, 0) is 31.0 Å². The second kappa shape index (κ2) is 5.34. The van der Waals surface area contributed by atoms with Crippen molar-refractivity contribution in [3.05, 3.63) is 23.2 Å². The van der Waals surface area contributed by atoms with Crippen molar-refractivity contribution in [3.8, 4) is 0 Å². The lowest BCUT2D eigenvalue weighted by Crippen LogP contribution is -2.35. The number of hydrogen-bond donors (Lipinski definition) is 1. The lowest BCUT2D eigenvalue weighted by Gasteiger charge is -2.25. The van der Waals surface area contributed by atoms with Gasteiger partial charge in [-0.25, -0.2) is 4.90 Å². The summed E-state index contributed by atoms with van der Waals surface area (Å²) in [6.07, 6.45) is 6.31. The molecule has 21 heavy (non-hydrogen) atoms. The van der Waals surface area contributed by atoms with E-state index in [1.807, 2.05) is 0 Å². The van der Waals surface area contributed by atoms with Gasteiger partial charge in [-0.15, -0.1) is 0 Å². The molecule has 0 aromatic heterocycles. The third-order valence-electron chi connectivity index (χ3n) is 4.69. The van der Waals surface area contributed by atoms with Crippen LogP contribution in [0.25, 0.3) is 0 Å². The summed E-state index contributed by atoms with van der Waals surface area (Å²) in [5.74, 6) is -0.181. The zero-order chi connectivity index (χ0) is 15.0. The van der Waals surface area contributed by atoms with Gasteiger partial charge in [0.2, 0.25) is 11.8 Å². The van der Waals surface area contributed by atoms with Crippen LogP contribution in [0.1, 0.15) is 44.9 Å². The number of anilines is 2. The second-order valence-electron chi connectivity index (χ2n) is 6.11. The summed E-state index contributed by atoms with van der Waals surface area (Å²) >= 11 is 5.91. The highest BCUT2D eigenvalue weighted by Crippen LogP contribution is 2.46. The minimum absolute atomic E-state index is 0.0591. The molecule has 1 spiro atoms. The van der Waals surface area contributed by atoms with E-state index in [0.29, 0.717) is 22.8 Å². The summed E-state index contributed by atoms with van der Waals surface area (Å²) in [6.45, 7) is 0. The summed E-state index contributed by atoms with van der Waals surface area (Å²) in [5.41, 5.74) is 6.23. The second-order valence-corrected chi connectivity index (χ2v) is 6.52. The lowest BCUT2D eigenvalue weighted by molar-refractivity contribution is -0.126. The van der Waals surface area contributed by atoms with E-state index in [1.54, 1.807) is 18.2 Å². The summed E-state index contributed by atoms with van der Waals surface area (Å²) in [7, 11) is 0. The molecule has 1 saturated heterocycles. The number of nitrogens with two attached hydrogens (primary N) is 1. The van der Waals surface area contributed by atoms with E-state index in [9.17, 15) is 9.59 Å². The summed E-state index contributed by atoms with van der Waals surface area (Å²) < 4.78 is 0. The van der Waals surface area contributed by atoms with Crippen molar-refractivity contribution < 1.29 is 9.59 Å². The largest absolute Gasteiger partial charge is 0.397 e. The maximum absolute atomic E-state index is 12.9. The number of halogens is 1. The van der Waals surface area contributed by atoms with Crippen molar-refractivity contribution >= 4 is 34.8 Å². The first-order valence-electron chi connectivity index (χ1n) is 7.46. The van der Waals surface area contributed by atoms with Crippen molar-refractivity contribution in [3.63, 3.8) is 0 Å². The number of carbonyl (C=O) groups excluding carboxylic acids is 2. The highest BCUT2D eigenvalue weighted by atomic mass is 35.5. The number of nitrogen functional groups attached to an aromatic ring is 1. The van der Waals surface area contributed by atoms with E-state index >= 15 is 0 Å². The molecule has 2 N–H and O–H groups in total. The van der Waals surface area contributed by atoms with Crippen LogP contribution in [-0.2, 0) is 9.59 Å². The number of hydrogen-bond acceptors (Lipinski definition) is 3. The molecular formula is C16H19ClN2O2. The fraction of sp³-hybridized carbons (Fsp3) is 0.500. The molecule has 0 bridgehead atoms. The van der Waals surface area contributed by atoms with Gasteiger partial charge < -0.3 is 5.73 Å². The van der Waals surface area contributed by atoms with Gasteiger partial charge in [-0.3, -0.25) is 9.59 Å². The number of amides is 2. The zero-order valence-corrected chi connectivity index (χ0v) is 12.7. The molecule has 4 nitrogen and oxygen atoms in total. The first kappa shape index (κ1) is 14.4. The number of carbonyl (C=O) groups is 2. The van der Waals surface area contributed by atoms with Crippen molar-refractivity contribution in [2.45, 2.75) is 44.9 Å². The lowest BCUT2D eigenvalue weighted by atomic mass is 9.79. The Hall–Kier alpha value is -1.55. The van der Waals surface area contributed by atoms with Crippen LogP contribution < -0.4 is 10.6 Å². The van der Waals surface area contributed by atoms with Crippen LogP contribution in [0.2, 0.25) is 5.02 Å². The molecule has 1 aromatic rings. The van der Waals surface area contributed by atoms with Crippen LogP contribution >= 0.6 is 11.6 Å². The molecular weight excluding hydrogens is 288 g/mol. The Labute approximate surface area is 129 Å². The molecule has 0 unspecified atom stereocenters. The zero-order valence-electron chi connectivity index (χ0n) is 11.9. The van der Waals surface area contributed by atoms with Gasteiger partial charge in [-0.1, -0.05) is 37.3 Å². The van der Waals surface area contributed by atoms with Gasteiger partial charge in [-0.2, -0.15) is 0 Å². The Balaban J connectivity index is 1.94. The topological polar surface area (TPSA) is 63.4 Å². The van der Waals surface area contributed by atoms with Gasteiger partial charge in [0.1, 0.15) is 0 Å². The Morgan fingerprint density at radius 1 is 1.10 bits per heavy atom. The number of benzene rings is 1. The molecule has 112 valence electrons. The average molecular weight is 307 g/mol. The third kappa shape index (κ3) is 2.42. The van der Waals surface area contributed by atoms with Crippen LogP contribution in [-0.4, -0.2) is 11.8 Å². The monoisotopic (exact) mass is 306 g/mol. The van der Waals surface area contributed by atoms with Gasteiger partial charge in [0.25, 0.3) is 0 Å². The number of imide groups is 1. The Bertz CT molecular complexity index is 592. The van der Waals surface area contributed by atoms with Crippen LogP contribution in [0.4, 0.5) is 11.4 Å². The third-order valence-corrected chi connectivity index (χ3v) is 5.04. The highest BCUT2D eigenvalue weighted by molar-refractivity contribution is 6.33. The average Bonchev–Trinajstić information content (AvgIpc) is 2.61. The molecule has 5 heteroatoms. The molecule has 3 rings (SSSR count). The molecule has 1 saturated carbocycles. The van der Waals surface area contributed by atoms with Crippen molar-refractivity contribution in [2.75, 3.05) is 10.6 Å². The maximum atomic E-state index is 12.9. The van der Waals surface area contributed by atoms with Crippen molar-refractivity contribution in [1.29, 1.82) is 0 Å². The molecule has 2 fully saturated rings. The van der Waals surface area contributed by atoms with E-state index < -0.39 is 5.41 Å². The SMILES string of the molecule is Nc1cc(N2C(=O)CC3(CCCCCC3)C2=O)ccc1Cl. The van der Waals surface area contributed by atoms with Gasteiger partial charge in [0, 0.05) is 6.42 Å².